The molecule has 2 atom stereocenters. The largest absolute Gasteiger partial charge is 0.444 e. The average molecular weight is 232 g/mol. The summed E-state index contributed by atoms with van der Waals surface area (Å²) in [7, 11) is 0. The van der Waals surface area contributed by atoms with Crippen molar-refractivity contribution in [3.8, 4) is 0 Å². The van der Waals surface area contributed by atoms with E-state index in [4.69, 9.17) is 4.74 Å². The Labute approximate surface area is 95.9 Å². The standard InChI is InChI=1S/C11H21FN2O2/c1-10(2,3)16-9(15)14-11(4)7-13-6-8(11)5-12/h8,13H,5-7H2,1-4H3,(H,14,15). The van der Waals surface area contributed by atoms with Gasteiger partial charge in [0, 0.05) is 19.0 Å². The van der Waals surface area contributed by atoms with Crippen molar-refractivity contribution >= 4 is 6.09 Å². The lowest BCUT2D eigenvalue weighted by Gasteiger charge is -2.31. The van der Waals surface area contributed by atoms with Gasteiger partial charge >= 0.3 is 6.09 Å². The van der Waals surface area contributed by atoms with Gasteiger partial charge in [-0.3, -0.25) is 4.39 Å². The second kappa shape index (κ2) is 4.57. The molecule has 0 radical (unpaired) electrons. The first-order chi connectivity index (χ1) is 7.27. The molecule has 1 aliphatic rings. The lowest BCUT2D eigenvalue weighted by molar-refractivity contribution is 0.0442. The Morgan fingerprint density at radius 3 is 2.75 bits per heavy atom. The molecule has 0 aromatic carbocycles. The van der Waals surface area contributed by atoms with Gasteiger partial charge in [-0.1, -0.05) is 0 Å². The molecule has 1 aliphatic heterocycles. The van der Waals surface area contributed by atoms with Crippen molar-refractivity contribution < 1.29 is 13.9 Å². The Kier molecular flexibility index (Phi) is 3.78. The molecule has 16 heavy (non-hydrogen) atoms. The van der Waals surface area contributed by atoms with Crippen molar-refractivity contribution in [1.29, 1.82) is 0 Å². The summed E-state index contributed by atoms with van der Waals surface area (Å²) >= 11 is 0. The van der Waals surface area contributed by atoms with Gasteiger partial charge in [0.05, 0.1) is 12.2 Å². The minimum absolute atomic E-state index is 0.194. The Morgan fingerprint density at radius 1 is 1.62 bits per heavy atom. The summed E-state index contributed by atoms with van der Waals surface area (Å²) in [6.07, 6.45) is -0.489. The van der Waals surface area contributed by atoms with E-state index in [2.05, 4.69) is 10.6 Å². The van der Waals surface area contributed by atoms with Crippen molar-refractivity contribution in [2.75, 3.05) is 19.8 Å². The third-order valence-electron chi connectivity index (χ3n) is 2.76. The average Bonchev–Trinajstić information content (AvgIpc) is 2.42. The molecule has 94 valence electrons. The summed E-state index contributed by atoms with van der Waals surface area (Å²) in [6, 6.07) is 0. The van der Waals surface area contributed by atoms with Crippen LogP contribution in [0.4, 0.5) is 9.18 Å². The van der Waals surface area contributed by atoms with E-state index in [0.717, 1.165) is 0 Å². The maximum atomic E-state index is 12.7. The molecule has 0 aromatic rings. The molecular formula is C11H21FN2O2. The predicted molar refractivity (Wildman–Crippen MR) is 60.1 cm³/mol. The van der Waals surface area contributed by atoms with Crippen LogP contribution in [-0.4, -0.2) is 37.0 Å². The molecule has 0 aliphatic carbocycles. The van der Waals surface area contributed by atoms with Gasteiger partial charge in [0.25, 0.3) is 0 Å². The molecule has 1 fully saturated rings. The molecule has 0 aromatic heterocycles. The number of halogens is 1. The fraction of sp³-hybridized carbons (Fsp3) is 0.909. The van der Waals surface area contributed by atoms with Crippen LogP contribution >= 0.6 is 0 Å². The molecule has 1 saturated heterocycles. The Balaban J connectivity index is 2.55. The Bertz CT molecular complexity index is 265. The highest BCUT2D eigenvalue weighted by Crippen LogP contribution is 2.22. The van der Waals surface area contributed by atoms with Gasteiger partial charge in [-0.25, -0.2) is 4.79 Å². The maximum absolute atomic E-state index is 12.7. The zero-order valence-electron chi connectivity index (χ0n) is 10.4. The molecule has 0 saturated carbocycles. The first kappa shape index (κ1) is 13.2. The molecule has 2 N–H and O–H groups in total. The van der Waals surface area contributed by atoms with Gasteiger partial charge < -0.3 is 15.4 Å². The molecule has 2 unspecified atom stereocenters. The normalized spacial score (nSPS) is 30.2. The highest BCUT2D eigenvalue weighted by Gasteiger charge is 2.40. The highest BCUT2D eigenvalue weighted by molar-refractivity contribution is 5.69. The van der Waals surface area contributed by atoms with E-state index in [1.54, 1.807) is 20.8 Å². The fourth-order valence-corrected chi connectivity index (χ4v) is 1.78. The van der Waals surface area contributed by atoms with Gasteiger partial charge in [0.2, 0.25) is 0 Å². The number of hydrogen-bond donors (Lipinski definition) is 2. The molecule has 1 amide bonds. The number of alkyl carbamates (subject to hydrolysis) is 1. The summed E-state index contributed by atoms with van der Waals surface area (Å²) in [6.45, 7) is 7.95. The van der Waals surface area contributed by atoms with Crippen LogP contribution in [0.5, 0.6) is 0 Å². The number of nitrogens with one attached hydrogen (secondary N) is 2. The van der Waals surface area contributed by atoms with Crippen LogP contribution in [0.2, 0.25) is 0 Å². The number of alkyl halides is 1. The predicted octanol–water partition coefficient (Wildman–Crippen LogP) is 1.46. The van der Waals surface area contributed by atoms with Crippen molar-refractivity contribution in [2.45, 2.75) is 38.8 Å². The number of ether oxygens (including phenoxy) is 1. The molecule has 1 rings (SSSR count). The minimum atomic E-state index is -0.558. The lowest BCUT2D eigenvalue weighted by Crippen LogP contribution is -2.53. The van der Waals surface area contributed by atoms with E-state index < -0.39 is 23.9 Å². The topological polar surface area (TPSA) is 50.4 Å². The van der Waals surface area contributed by atoms with E-state index in [0.29, 0.717) is 13.1 Å². The summed E-state index contributed by atoms with van der Waals surface area (Å²) in [5.74, 6) is -0.194. The second-order valence-corrected chi connectivity index (χ2v) is 5.53. The number of carbonyl (C=O) groups excluding carboxylic acids is 1. The van der Waals surface area contributed by atoms with Crippen molar-refractivity contribution in [3.05, 3.63) is 0 Å². The van der Waals surface area contributed by atoms with Crippen LogP contribution in [0.15, 0.2) is 0 Å². The molecule has 0 bridgehead atoms. The fourth-order valence-electron chi connectivity index (χ4n) is 1.78. The van der Waals surface area contributed by atoms with E-state index >= 15 is 0 Å². The van der Waals surface area contributed by atoms with Crippen LogP contribution in [0.1, 0.15) is 27.7 Å². The summed E-state index contributed by atoms with van der Waals surface area (Å²) < 4.78 is 17.9. The van der Waals surface area contributed by atoms with Crippen LogP contribution in [0, 0.1) is 5.92 Å². The first-order valence-electron chi connectivity index (χ1n) is 5.55. The number of amides is 1. The SMILES string of the molecule is CC(C)(C)OC(=O)NC1(C)CNCC1CF. The van der Waals surface area contributed by atoms with Crippen LogP contribution in [-0.2, 0) is 4.74 Å². The zero-order valence-corrected chi connectivity index (χ0v) is 10.4. The third-order valence-corrected chi connectivity index (χ3v) is 2.76. The van der Waals surface area contributed by atoms with Gasteiger partial charge in [-0.15, -0.1) is 0 Å². The zero-order chi connectivity index (χ0) is 12.4. The van der Waals surface area contributed by atoms with Gasteiger partial charge in [0.15, 0.2) is 0 Å². The van der Waals surface area contributed by atoms with Crippen LogP contribution in [0.3, 0.4) is 0 Å². The van der Waals surface area contributed by atoms with Gasteiger partial charge in [0.1, 0.15) is 5.60 Å². The molecule has 0 spiro atoms. The Morgan fingerprint density at radius 2 is 2.25 bits per heavy atom. The van der Waals surface area contributed by atoms with E-state index in [1.807, 2.05) is 6.92 Å². The third kappa shape index (κ3) is 3.33. The first-order valence-corrected chi connectivity index (χ1v) is 5.55. The lowest BCUT2D eigenvalue weighted by atomic mass is 9.90. The van der Waals surface area contributed by atoms with E-state index in [9.17, 15) is 9.18 Å². The molecule has 4 nitrogen and oxygen atoms in total. The molecular weight excluding hydrogens is 211 g/mol. The maximum Gasteiger partial charge on any atom is 0.408 e. The number of carbonyl (C=O) groups is 1. The summed E-state index contributed by atoms with van der Waals surface area (Å²) in [4.78, 5) is 11.6. The summed E-state index contributed by atoms with van der Waals surface area (Å²) in [5, 5.41) is 5.82. The van der Waals surface area contributed by atoms with Crippen molar-refractivity contribution in [3.63, 3.8) is 0 Å². The second-order valence-electron chi connectivity index (χ2n) is 5.53. The quantitative estimate of drug-likeness (QED) is 0.758. The monoisotopic (exact) mass is 232 g/mol. The van der Waals surface area contributed by atoms with Gasteiger partial charge in [-0.2, -0.15) is 0 Å². The number of hydrogen-bond acceptors (Lipinski definition) is 3. The highest BCUT2D eigenvalue weighted by atomic mass is 19.1. The van der Waals surface area contributed by atoms with Gasteiger partial charge in [-0.05, 0) is 27.7 Å². The minimum Gasteiger partial charge on any atom is -0.444 e. The van der Waals surface area contributed by atoms with Crippen molar-refractivity contribution in [1.82, 2.24) is 10.6 Å². The number of rotatable bonds is 2. The van der Waals surface area contributed by atoms with E-state index in [1.165, 1.54) is 0 Å². The van der Waals surface area contributed by atoms with Crippen LogP contribution in [0.25, 0.3) is 0 Å². The van der Waals surface area contributed by atoms with Crippen molar-refractivity contribution in [2.24, 2.45) is 5.92 Å². The summed E-state index contributed by atoms with van der Waals surface area (Å²) in [5.41, 5.74) is -1.09. The van der Waals surface area contributed by atoms with Crippen LogP contribution < -0.4 is 10.6 Å². The smallest absolute Gasteiger partial charge is 0.408 e. The molecule has 1 heterocycles. The molecule has 5 heteroatoms. The Hall–Kier alpha value is -0.840. The van der Waals surface area contributed by atoms with E-state index in [-0.39, 0.29) is 5.92 Å².